The molecule has 1 aromatic carbocycles. The zero-order valence-electron chi connectivity index (χ0n) is 9.77. The van der Waals surface area contributed by atoms with Gasteiger partial charge in [0, 0.05) is 20.3 Å². The SMILES string of the molecule is CC(N)C(Sc1cccc(Br)c1)c1ccc(Cl)s1. The van der Waals surface area contributed by atoms with Crippen LogP contribution in [0, 0.1) is 0 Å². The summed E-state index contributed by atoms with van der Waals surface area (Å²) in [6.07, 6.45) is 0. The molecule has 0 saturated carbocycles. The molecule has 1 aromatic heterocycles. The van der Waals surface area contributed by atoms with E-state index in [-0.39, 0.29) is 11.3 Å². The minimum atomic E-state index is 0.0729. The highest BCUT2D eigenvalue weighted by Crippen LogP contribution is 2.41. The number of halogens is 2. The zero-order valence-corrected chi connectivity index (χ0v) is 13.7. The maximum Gasteiger partial charge on any atom is 0.0931 e. The largest absolute Gasteiger partial charge is 0.327 e. The summed E-state index contributed by atoms with van der Waals surface area (Å²) < 4.78 is 1.89. The van der Waals surface area contributed by atoms with Gasteiger partial charge in [-0.2, -0.15) is 0 Å². The van der Waals surface area contributed by atoms with Gasteiger partial charge in [0.2, 0.25) is 0 Å². The van der Waals surface area contributed by atoms with Crippen LogP contribution in [-0.4, -0.2) is 6.04 Å². The van der Waals surface area contributed by atoms with E-state index in [1.807, 2.05) is 25.1 Å². The van der Waals surface area contributed by atoms with Crippen LogP contribution >= 0.6 is 50.6 Å². The van der Waals surface area contributed by atoms with Gasteiger partial charge in [-0.05, 0) is 37.3 Å². The maximum atomic E-state index is 6.09. The molecule has 0 fully saturated rings. The van der Waals surface area contributed by atoms with Crippen LogP contribution in [0.2, 0.25) is 4.34 Å². The van der Waals surface area contributed by atoms with Crippen LogP contribution in [0.4, 0.5) is 0 Å². The molecule has 0 amide bonds. The second-order valence-electron chi connectivity index (χ2n) is 4.00. The van der Waals surface area contributed by atoms with Gasteiger partial charge in [-0.25, -0.2) is 0 Å². The molecule has 2 N–H and O–H groups in total. The van der Waals surface area contributed by atoms with Crippen LogP contribution in [-0.2, 0) is 0 Å². The van der Waals surface area contributed by atoms with Crippen LogP contribution in [0.25, 0.3) is 0 Å². The van der Waals surface area contributed by atoms with Gasteiger partial charge in [-0.3, -0.25) is 0 Å². The van der Waals surface area contributed by atoms with Crippen molar-refractivity contribution in [1.29, 1.82) is 0 Å². The van der Waals surface area contributed by atoms with Gasteiger partial charge in [0.15, 0.2) is 0 Å². The summed E-state index contributed by atoms with van der Waals surface area (Å²) in [5.74, 6) is 0. The van der Waals surface area contributed by atoms with Crippen LogP contribution in [0.5, 0.6) is 0 Å². The first kappa shape index (κ1) is 14.4. The minimum Gasteiger partial charge on any atom is -0.327 e. The number of benzene rings is 1. The van der Waals surface area contributed by atoms with Gasteiger partial charge in [0.25, 0.3) is 0 Å². The third kappa shape index (κ3) is 3.75. The molecule has 0 bridgehead atoms. The van der Waals surface area contributed by atoms with E-state index in [4.69, 9.17) is 17.3 Å². The van der Waals surface area contributed by atoms with E-state index in [1.165, 1.54) is 9.77 Å². The molecule has 96 valence electrons. The highest BCUT2D eigenvalue weighted by Gasteiger charge is 2.19. The van der Waals surface area contributed by atoms with Gasteiger partial charge in [0.1, 0.15) is 0 Å². The molecule has 5 heteroatoms. The Bertz CT molecular complexity index is 527. The molecule has 0 spiro atoms. The van der Waals surface area contributed by atoms with E-state index >= 15 is 0 Å². The standard InChI is InChI=1S/C13H13BrClNS2/c1-8(16)13(11-5-6-12(15)18-11)17-10-4-2-3-9(14)7-10/h2-8,13H,16H2,1H3. The lowest BCUT2D eigenvalue weighted by Crippen LogP contribution is -2.21. The average Bonchev–Trinajstić information content (AvgIpc) is 2.72. The number of nitrogens with two attached hydrogens (primary N) is 1. The van der Waals surface area contributed by atoms with Gasteiger partial charge in [-0.1, -0.05) is 33.6 Å². The number of hydrogen-bond donors (Lipinski definition) is 1. The van der Waals surface area contributed by atoms with Crippen molar-refractivity contribution in [3.05, 3.63) is 50.1 Å². The fourth-order valence-electron chi connectivity index (χ4n) is 1.59. The van der Waals surface area contributed by atoms with Crippen molar-refractivity contribution in [3.8, 4) is 0 Å². The van der Waals surface area contributed by atoms with E-state index < -0.39 is 0 Å². The summed E-state index contributed by atoms with van der Waals surface area (Å²) in [6.45, 7) is 2.03. The molecule has 1 nitrogen and oxygen atoms in total. The van der Waals surface area contributed by atoms with Gasteiger partial charge < -0.3 is 5.73 Å². The Morgan fingerprint density at radius 3 is 2.67 bits per heavy atom. The first-order valence-corrected chi connectivity index (χ1v) is 8.36. The molecular weight excluding hydrogens is 350 g/mol. The zero-order chi connectivity index (χ0) is 13.1. The monoisotopic (exact) mass is 361 g/mol. The quantitative estimate of drug-likeness (QED) is 0.742. The Morgan fingerprint density at radius 2 is 2.11 bits per heavy atom. The third-order valence-electron chi connectivity index (χ3n) is 2.41. The first-order chi connectivity index (χ1) is 8.56. The predicted octanol–water partition coefficient (Wildman–Crippen LogP) is 5.34. The van der Waals surface area contributed by atoms with Crippen molar-refractivity contribution in [3.63, 3.8) is 0 Å². The molecule has 0 saturated heterocycles. The van der Waals surface area contributed by atoms with Crippen molar-refractivity contribution in [2.24, 2.45) is 5.73 Å². The molecule has 2 aromatic rings. The van der Waals surface area contributed by atoms with Crippen molar-refractivity contribution in [2.45, 2.75) is 23.1 Å². The Labute approximate surface area is 129 Å². The number of hydrogen-bond acceptors (Lipinski definition) is 3. The van der Waals surface area contributed by atoms with Gasteiger partial charge >= 0.3 is 0 Å². The summed E-state index contributed by atoms with van der Waals surface area (Å²) in [5.41, 5.74) is 6.09. The van der Waals surface area contributed by atoms with Crippen molar-refractivity contribution in [1.82, 2.24) is 0 Å². The van der Waals surface area contributed by atoms with E-state index in [9.17, 15) is 0 Å². The van der Waals surface area contributed by atoms with Crippen LogP contribution in [0.15, 0.2) is 45.8 Å². The molecular formula is C13H13BrClNS2. The van der Waals surface area contributed by atoms with E-state index in [1.54, 1.807) is 23.1 Å². The minimum absolute atomic E-state index is 0.0729. The smallest absolute Gasteiger partial charge is 0.0931 e. The summed E-state index contributed by atoms with van der Waals surface area (Å²) in [6, 6.07) is 12.3. The van der Waals surface area contributed by atoms with E-state index in [0.29, 0.717) is 0 Å². The van der Waals surface area contributed by atoms with Crippen molar-refractivity contribution >= 4 is 50.6 Å². The van der Waals surface area contributed by atoms with E-state index in [0.717, 1.165) is 8.81 Å². The summed E-state index contributed by atoms with van der Waals surface area (Å²) in [4.78, 5) is 2.43. The van der Waals surface area contributed by atoms with Crippen LogP contribution in [0.3, 0.4) is 0 Å². The second kappa shape index (κ2) is 6.44. The summed E-state index contributed by atoms with van der Waals surface area (Å²) >= 11 is 12.9. The van der Waals surface area contributed by atoms with Crippen LogP contribution < -0.4 is 5.73 Å². The lowest BCUT2D eigenvalue weighted by molar-refractivity contribution is 0.730. The van der Waals surface area contributed by atoms with Crippen molar-refractivity contribution < 1.29 is 0 Å². The lowest BCUT2D eigenvalue weighted by Gasteiger charge is -2.19. The molecule has 0 radical (unpaired) electrons. The first-order valence-electron chi connectivity index (χ1n) is 5.49. The Morgan fingerprint density at radius 1 is 1.33 bits per heavy atom. The Kier molecular flexibility index (Phi) is 5.15. The second-order valence-corrected chi connectivity index (χ2v) is 7.87. The van der Waals surface area contributed by atoms with Gasteiger partial charge in [0.05, 0.1) is 9.59 Å². The topological polar surface area (TPSA) is 26.0 Å². The Balaban J connectivity index is 2.22. The normalized spacial score (nSPS) is 14.4. The number of thiophene rings is 1. The highest BCUT2D eigenvalue weighted by molar-refractivity contribution is 9.10. The Hall–Kier alpha value is -0.0000000000000000278. The molecule has 0 aliphatic carbocycles. The molecule has 0 aliphatic heterocycles. The average molecular weight is 363 g/mol. The summed E-state index contributed by atoms with van der Waals surface area (Å²) in [7, 11) is 0. The molecule has 1 heterocycles. The third-order valence-corrected chi connectivity index (χ3v) is 5.83. The predicted molar refractivity (Wildman–Crippen MR) is 85.7 cm³/mol. The molecule has 2 unspecified atom stereocenters. The molecule has 0 aliphatic rings. The fourth-order valence-corrected chi connectivity index (χ4v) is 4.65. The van der Waals surface area contributed by atoms with E-state index in [2.05, 4.69) is 34.1 Å². The molecule has 18 heavy (non-hydrogen) atoms. The number of thioether (sulfide) groups is 1. The molecule has 2 atom stereocenters. The number of rotatable bonds is 4. The van der Waals surface area contributed by atoms with Crippen molar-refractivity contribution in [2.75, 3.05) is 0 Å². The highest BCUT2D eigenvalue weighted by atomic mass is 79.9. The maximum absolute atomic E-state index is 6.09. The molecule has 2 rings (SSSR count). The summed E-state index contributed by atoms with van der Waals surface area (Å²) in [5, 5.41) is 0.233. The van der Waals surface area contributed by atoms with Crippen LogP contribution in [0.1, 0.15) is 17.1 Å². The lowest BCUT2D eigenvalue weighted by atomic mass is 10.2. The fraction of sp³-hybridized carbons (Fsp3) is 0.231. The van der Waals surface area contributed by atoms with Gasteiger partial charge in [-0.15, -0.1) is 23.1 Å².